The van der Waals surface area contributed by atoms with Gasteiger partial charge in [0.15, 0.2) is 5.76 Å². The highest BCUT2D eigenvalue weighted by atomic mass is 79.9. The van der Waals surface area contributed by atoms with E-state index in [1.807, 2.05) is 24.3 Å². The highest BCUT2D eigenvalue weighted by Crippen LogP contribution is 2.38. The first-order valence-electron chi connectivity index (χ1n) is 10.1. The van der Waals surface area contributed by atoms with Gasteiger partial charge in [-0.1, -0.05) is 67.6 Å². The summed E-state index contributed by atoms with van der Waals surface area (Å²) in [5.41, 5.74) is 1.95. The predicted octanol–water partition coefficient (Wildman–Crippen LogP) is 3.84. The van der Waals surface area contributed by atoms with Gasteiger partial charge in [-0.3, -0.25) is 4.79 Å². The average Bonchev–Trinajstić information content (AvgIpc) is 2.92. The van der Waals surface area contributed by atoms with E-state index in [1.165, 1.54) is 11.0 Å². The fraction of sp³-hybridized carbons (Fsp3) is 0.375. The van der Waals surface area contributed by atoms with E-state index < -0.39 is 0 Å². The first kappa shape index (κ1) is 21.6. The Balaban J connectivity index is 1.93. The summed E-state index contributed by atoms with van der Waals surface area (Å²) in [5, 5.41) is 12.7. The zero-order valence-electron chi connectivity index (χ0n) is 17.4. The third-order valence-electron chi connectivity index (χ3n) is 4.87. The van der Waals surface area contributed by atoms with Gasteiger partial charge in [0, 0.05) is 21.9 Å². The van der Waals surface area contributed by atoms with E-state index in [4.69, 9.17) is 4.74 Å². The van der Waals surface area contributed by atoms with Crippen molar-refractivity contribution in [2.24, 2.45) is 11.8 Å². The molecule has 0 aromatic heterocycles. The van der Waals surface area contributed by atoms with Crippen molar-refractivity contribution < 1.29 is 19.5 Å². The molecule has 0 bridgehead atoms. The van der Waals surface area contributed by atoms with E-state index in [1.54, 1.807) is 12.1 Å². The molecule has 29 heavy (non-hydrogen) atoms. The minimum absolute atomic E-state index is 0.0646. The molecule has 2 aromatic carbocycles. The maximum Gasteiger partial charge on any atom is 0.231 e. The van der Waals surface area contributed by atoms with Gasteiger partial charge in [-0.05, 0) is 29.8 Å². The molecule has 1 aliphatic rings. The van der Waals surface area contributed by atoms with Crippen LogP contribution in [0.25, 0.3) is 6.08 Å². The number of carbonyl (C=O) groups is 1. The molecule has 0 saturated carbocycles. The second kappa shape index (κ2) is 9.14. The van der Waals surface area contributed by atoms with Crippen LogP contribution in [0.5, 0.6) is 11.5 Å². The molecular weight excluding hydrogens is 430 g/mol. The third kappa shape index (κ3) is 5.28. The highest BCUT2D eigenvalue weighted by Gasteiger charge is 2.31. The van der Waals surface area contributed by atoms with Crippen LogP contribution in [0.3, 0.4) is 0 Å². The standard InChI is InChI=1S/C24H28BrNO3/c1-15(2)12-26(13-16(3)4)14-20-21(27)9-8-19-23(28)22(29-24(19)20)11-17-6-5-7-18(25)10-17/h5-11,15-16,27H,12-14H2,1-4H3/b22-11-. The van der Waals surface area contributed by atoms with E-state index >= 15 is 0 Å². The van der Waals surface area contributed by atoms with Gasteiger partial charge in [0.2, 0.25) is 5.78 Å². The van der Waals surface area contributed by atoms with Crippen molar-refractivity contribution in [3.05, 3.63) is 63.3 Å². The Morgan fingerprint density at radius 2 is 1.79 bits per heavy atom. The molecule has 1 heterocycles. The number of quaternary nitrogens is 1. The highest BCUT2D eigenvalue weighted by molar-refractivity contribution is 9.10. The Bertz CT molecular complexity index is 924. The van der Waals surface area contributed by atoms with E-state index in [0.29, 0.717) is 35.3 Å². The zero-order chi connectivity index (χ0) is 21.1. The number of halogens is 1. The van der Waals surface area contributed by atoms with Crippen molar-refractivity contribution in [3.8, 4) is 11.5 Å². The third-order valence-corrected chi connectivity index (χ3v) is 5.36. The van der Waals surface area contributed by atoms with Crippen LogP contribution >= 0.6 is 15.9 Å². The molecule has 1 aliphatic heterocycles. The summed E-state index contributed by atoms with van der Waals surface area (Å²) in [7, 11) is 0. The minimum Gasteiger partial charge on any atom is -0.872 e. The summed E-state index contributed by atoms with van der Waals surface area (Å²) in [6.07, 6.45) is 1.73. The molecule has 2 aromatic rings. The Morgan fingerprint density at radius 3 is 2.41 bits per heavy atom. The van der Waals surface area contributed by atoms with E-state index in [9.17, 15) is 9.90 Å². The molecule has 0 amide bonds. The van der Waals surface area contributed by atoms with Crippen LogP contribution in [0.1, 0.15) is 49.2 Å². The van der Waals surface area contributed by atoms with E-state index in [2.05, 4.69) is 43.6 Å². The smallest absolute Gasteiger partial charge is 0.231 e. The fourth-order valence-electron chi connectivity index (χ4n) is 3.84. The summed E-state index contributed by atoms with van der Waals surface area (Å²) < 4.78 is 6.90. The van der Waals surface area contributed by atoms with Gasteiger partial charge < -0.3 is 14.7 Å². The normalized spacial score (nSPS) is 14.9. The second-order valence-corrected chi connectivity index (χ2v) is 9.45. The molecule has 0 aliphatic carbocycles. The second-order valence-electron chi connectivity index (χ2n) is 8.54. The van der Waals surface area contributed by atoms with Crippen LogP contribution in [0.4, 0.5) is 0 Å². The van der Waals surface area contributed by atoms with Crippen molar-refractivity contribution in [3.63, 3.8) is 0 Å². The SMILES string of the molecule is CC(C)C[NH+](Cc1c([O-])ccc2c1O/C(=C\c1cccc(Br)c1)C2=O)CC(C)C. The lowest BCUT2D eigenvalue weighted by molar-refractivity contribution is -0.919. The number of nitrogens with one attached hydrogen (secondary N) is 1. The number of rotatable bonds is 7. The minimum atomic E-state index is -0.171. The molecule has 0 radical (unpaired) electrons. The lowest BCUT2D eigenvalue weighted by Gasteiger charge is -2.26. The van der Waals surface area contributed by atoms with Crippen LogP contribution in [-0.2, 0) is 6.54 Å². The maximum absolute atomic E-state index is 12.9. The number of benzene rings is 2. The monoisotopic (exact) mass is 457 g/mol. The first-order valence-corrected chi connectivity index (χ1v) is 10.9. The Hall–Kier alpha value is -2.11. The molecule has 0 spiro atoms. The molecule has 1 N–H and O–H groups in total. The first-order chi connectivity index (χ1) is 13.7. The lowest BCUT2D eigenvalue weighted by atomic mass is 10.0. The van der Waals surface area contributed by atoms with Gasteiger partial charge in [-0.2, -0.15) is 0 Å². The molecule has 4 nitrogen and oxygen atoms in total. The van der Waals surface area contributed by atoms with E-state index in [0.717, 1.165) is 23.1 Å². The van der Waals surface area contributed by atoms with Crippen LogP contribution in [-0.4, -0.2) is 18.9 Å². The summed E-state index contributed by atoms with van der Waals surface area (Å²) in [6, 6.07) is 10.8. The number of ketones is 1. The van der Waals surface area contributed by atoms with Gasteiger partial charge in [0.05, 0.1) is 18.7 Å². The van der Waals surface area contributed by atoms with Crippen LogP contribution in [0.15, 0.2) is 46.6 Å². The van der Waals surface area contributed by atoms with Crippen molar-refractivity contribution >= 4 is 27.8 Å². The number of ether oxygens (including phenoxy) is 1. The maximum atomic E-state index is 12.9. The largest absolute Gasteiger partial charge is 0.872 e. The summed E-state index contributed by atoms with van der Waals surface area (Å²) in [4.78, 5) is 14.2. The van der Waals surface area contributed by atoms with Crippen molar-refractivity contribution in [1.82, 2.24) is 0 Å². The van der Waals surface area contributed by atoms with Gasteiger partial charge in [-0.15, -0.1) is 0 Å². The van der Waals surface area contributed by atoms with E-state index in [-0.39, 0.29) is 17.3 Å². The molecule has 0 saturated heterocycles. The van der Waals surface area contributed by atoms with Crippen LogP contribution in [0, 0.1) is 11.8 Å². The molecule has 5 heteroatoms. The van der Waals surface area contributed by atoms with Crippen LogP contribution < -0.4 is 14.7 Å². The Kier molecular flexibility index (Phi) is 6.81. The topological polar surface area (TPSA) is 53.8 Å². The number of hydrogen-bond acceptors (Lipinski definition) is 3. The summed E-state index contributed by atoms with van der Waals surface area (Å²) in [6.45, 7) is 11.3. The number of Topliss-reactive ketones (excluding diaryl/α,β-unsaturated/α-hetero) is 1. The van der Waals surface area contributed by atoms with Gasteiger partial charge in [0.1, 0.15) is 12.3 Å². The van der Waals surface area contributed by atoms with Gasteiger partial charge in [0.25, 0.3) is 0 Å². The zero-order valence-corrected chi connectivity index (χ0v) is 19.0. The average molecular weight is 458 g/mol. The molecule has 154 valence electrons. The number of allylic oxidation sites excluding steroid dienone is 1. The molecule has 0 atom stereocenters. The van der Waals surface area contributed by atoms with Gasteiger partial charge in [-0.25, -0.2) is 0 Å². The fourth-order valence-corrected chi connectivity index (χ4v) is 4.25. The van der Waals surface area contributed by atoms with Crippen LogP contribution in [0.2, 0.25) is 0 Å². The van der Waals surface area contributed by atoms with Gasteiger partial charge >= 0.3 is 0 Å². The predicted molar refractivity (Wildman–Crippen MR) is 117 cm³/mol. The molecule has 0 fully saturated rings. The summed E-state index contributed by atoms with van der Waals surface area (Å²) in [5.74, 6) is 1.50. The quantitative estimate of drug-likeness (QED) is 0.642. The van der Waals surface area contributed by atoms with Crippen molar-refractivity contribution in [1.29, 1.82) is 0 Å². The number of fused-ring (bicyclic) bond motifs is 1. The molecular formula is C24H28BrNO3. The molecule has 3 rings (SSSR count). The Morgan fingerprint density at radius 1 is 1.10 bits per heavy atom. The summed E-state index contributed by atoms with van der Waals surface area (Å²) >= 11 is 3.44. The Labute approximate surface area is 181 Å². The van der Waals surface area contributed by atoms with Crippen molar-refractivity contribution in [2.75, 3.05) is 13.1 Å². The number of carbonyl (C=O) groups excluding carboxylic acids is 1. The van der Waals surface area contributed by atoms with Crippen molar-refractivity contribution in [2.45, 2.75) is 34.2 Å². The molecule has 0 unspecified atom stereocenters. The number of hydrogen-bond donors (Lipinski definition) is 1. The lowest BCUT2D eigenvalue weighted by Crippen LogP contribution is -3.11.